The Hall–Kier alpha value is -2.12. The lowest BCUT2D eigenvalue weighted by atomic mass is 9.96. The van der Waals surface area contributed by atoms with Gasteiger partial charge in [-0.05, 0) is 25.0 Å². The van der Waals surface area contributed by atoms with Crippen LogP contribution < -0.4 is 0 Å². The summed E-state index contributed by atoms with van der Waals surface area (Å²) in [6.45, 7) is 0.780. The van der Waals surface area contributed by atoms with Crippen LogP contribution in [-0.4, -0.2) is 40.0 Å². The molecule has 0 atom stereocenters. The number of fused-ring (bicyclic) bond motifs is 1. The molecular formula is C16H17F4N3O. The third kappa shape index (κ3) is 3.68. The van der Waals surface area contributed by atoms with Gasteiger partial charge in [-0.25, -0.2) is 9.37 Å². The van der Waals surface area contributed by atoms with E-state index in [4.69, 9.17) is 0 Å². The molecule has 1 aliphatic heterocycles. The zero-order valence-electron chi connectivity index (χ0n) is 12.9. The average Bonchev–Trinajstić information content (AvgIpc) is 2.98. The number of likely N-dealkylation sites (tertiary alicyclic amines) is 1. The molecule has 2 aromatic rings. The maximum absolute atomic E-state index is 13.7. The smallest absolute Gasteiger partial charge is 0.343 e. The summed E-state index contributed by atoms with van der Waals surface area (Å²) in [5.74, 6) is -0.155. The van der Waals surface area contributed by atoms with Gasteiger partial charge in [-0.1, -0.05) is 6.07 Å². The molecule has 3 rings (SSSR count). The fraction of sp³-hybridized carbons (Fsp3) is 0.500. The van der Waals surface area contributed by atoms with Crippen LogP contribution in [0.25, 0.3) is 11.0 Å². The summed E-state index contributed by atoms with van der Waals surface area (Å²) in [5.41, 5.74) is 0.907. The Morgan fingerprint density at radius 1 is 1.29 bits per heavy atom. The van der Waals surface area contributed by atoms with E-state index in [1.165, 1.54) is 11.0 Å². The second kappa shape index (κ2) is 6.41. The second-order valence-electron chi connectivity index (χ2n) is 6.03. The van der Waals surface area contributed by atoms with Crippen LogP contribution in [-0.2, 0) is 4.79 Å². The summed E-state index contributed by atoms with van der Waals surface area (Å²) in [7, 11) is 0. The number of piperidine rings is 1. The first-order chi connectivity index (χ1) is 11.3. The maximum atomic E-state index is 13.7. The Bertz CT molecular complexity index is 732. The van der Waals surface area contributed by atoms with E-state index in [1.807, 2.05) is 0 Å². The van der Waals surface area contributed by atoms with Gasteiger partial charge in [0, 0.05) is 25.4 Å². The van der Waals surface area contributed by atoms with Gasteiger partial charge in [0.15, 0.2) is 5.82 Å². The van der Waals surface area contributed by atoms with Crippen molar-refractivity contribution in [2.75, 3.05) is 13.1 Å². The van der Waals surface area contributed by atoms with Gasteiger partial charge in [0.25, 0.3) is 0 Å². The zero-order valence-corrected chi connectivity index (χ0v) is 12.9. The van der Waals surface area contributed by atoms with E-state index in [-0.39, 0.29) is 11.4 Å². The van der Waals surface area contributed by atoms with Gasteiger partial charge < -0.3 is 9.88 Å². The number of carbonyl (C=O) groups excluding carboxylic acids is 1. The van der Waals surface area contributed by atoms with Crippen molar-refractivity contribution in [2.24, 2.45) is 0 Å². The van der Waals surface area contributed by atoms with Gasteiger partial charge >= 0.3 is 6.18 Å². The Balaban J connectivity index is 1.60. The number of rotatable bonds is 3. The van der Waals surface area contributed by atoms with E-state index >= 15 is 0 Å². The number of benzene rings is 1. The lowest BCUT2D eigenvalue weighted by molar-refractivity contribution is -0.149. The quantitative estimate of drug-likeness (QED) is 0.863. The first kappa shape index (κ1) is 16.7. The molecule has 0 saturated carbocycles. The number of halogens is 4. The third-order valence-electron chi connectivity index (χ3n) is 4.34. The van der Waals surface area contributed by atoms with Gasteiger partial charge in [-0.3, -0.25) is 4.79 Å². The summed E-state index contributed by atoms with van der Waals surface area (Å²) in [4.78, 5) is 20.7. The predicted molar refractivity (Wildman–Crippen MR) is 79.9 cm³/mol. The van der Waals surface area contributed by atoms with E-state index in [9.17, 15) is 22.4 Å². The number of carbonyl (C=O) groups is 1. The number of aromatic nitrogens is 2. The lowest BCUT2D eigenvalue weighted by Crippen LogP contribution is -2.38. The minimum Gasteiger partial charge on any atom is -0.343 e. The summed E-state index contributed by atoms with van der Waals surface area (Å²) in [5, 5.41) is 0. The standard InChI is InChI=1S/C16H17F4N3O/c17-11-2-1-3-12-14(11)22-15(21-12)10-5-8-23(9-6-10)13(24)4-7-16(18,19)20/h1-3,10H,4-9H2,(H,21,22). The number of hydrogen-bond acceptors (Lipinski definition) is 2. The average molecular weight is 343 g/mol. The molecule has 2 heterocycles. The normalized spacial score (nSPS) is 16.8. The van der Waals surface area contributed by atoms with Crippen molar-refractivity contribution in [3.63, 3.8) is 0 Å². The predicted octanol–water partition coefficient (Wildman–Crippen LogP) is 3.75. The Morgan fingerprint density at radius 2 is 2.00 bits per heavy atom. The van der Waals surface area contributed by atoms with Crippen LogP contribution in [0.3, 0.4) is 0 Å². The van der Waals surface area contributed by atoms with Crippen molar-refractivity contribution >= 4 is 16.9 Å². The van der Waals surface area contributed by atoms with Gasteiger partial charge in [0.2, 0.25) is 5.91 Å². The minimum atomic E-state index is -4.31. The molecule has 1 saturated heterocycles. The summed E-state index contributed by atoms with van der Waals surface area (Å²) in [6.07, 6.45) is -4.72. The number of nitrogens with one attached hydrogen (secondary N) is 1. The van der Waals surface area contributed by atoms with Crippen molar-refractivity contribution in [3.8, 4) is 0 Å². The van der Waals surface area contributed by atoms with Gasteiger partial charge in [0.1, 0.15) is 11.3 Å². The first-order valence-corrected chi connectivity index (χ1v) is 7.82. The number of H-pyrrole nitrogens is 1. The lowest BCUT2D eigenvalue weighted by Gasteiger charge is -2.31. The number of alkyl halides is 3. The summed E-state index contributed by atoms with van der Waals surface area (Å²) >= 11 is 0. The van der Waals surface area contributed by atoms with Crippen LogP contribution >= 0.6 is 0 Å². The van der Waals surface area contributed by atoms with Crippen molar-refractivity contribution in [1.29, 1.82) is 0 Å². The fourth-order valence-corrected chi connectivity index (χ4v) is 3.02. The van der Waals surface area contributed by atoms with Gasteiger partial charge in [-0.15, -0.1) is 0 Å². The number of nitrogens with zero attached hydrogens (tertiary/aromatic N) is 2. The molecule has 1 aliphatic rings. The van der Waals surface area contributed by atoms with Gasteiger partial charge in [0.05, 0.1) is 11.9 Å². The van der Waals surface area contributed by atoms with Gasteiger partial charge in [-0.2, -0.15) is 13.2 Å². The second-order valence-corrected chi connectivity index (χ2v) is 6.03. The van der Waals surface area contributed by atoms with Crippen molar-refractivity contribution in [2.45, 2.75) is 37.8 Å². The third-order valence-corrected chi connectivity index (χ3v) is 4.34. The molecule has 0 aliphatic carbocycles. The van der Waals surface area contributed by atoms with Crippen LogP contribution in [0.1, 0.15) is 37.4 Å². The molecular weight excluding hydrogens is 326 g/mol. The molecule has 0 radical (unpaired) electrons. The molecule has 1 aromatic heterocycles. The summed E-state index contributed by atoms with van der Waals surface area (Å²) in [6, 6.07) is 4.68. The molecule has 0 unspecified atom stereocenters. The van der Waals surface area contributed by atoms with E-state index in [0.717, 1.165) is 0 Å². The molecule has 1 amide bonds. The highest BCUT2D eigenvalue weighted by Crippen LogP contribution is 2.29. The molecule has 1 fully saturated rings. The zero-order chi connectivity index (χ0) is 17.3. The molecule has 4 nitrogen and oxygen atoms in total. The molecule has 0 spiro atoms. The molecule has 130 valence electrons. The molecule has 1 N–H and O–H groups in total. The highest BCUT2D eigenvalue weighted by Gasteiger charge is 2.31. The fourth-order valence-electron chi connectivity index (χ4n) is 3.02. The van der Waals surface area contributed by atoms with Crippen LogP contribution in [0, 0.1) is 5.82 Å². The van der Waals surface area contributed by atoms with Crippen LogP contribution in [0.2, 0.25) is 0 Å². The summed E-state index contributed by atoms with van der Waals surface area (Å²) < 4.78 is 50.2. The maximum Gasteiger partial charge on any atom is 0.389 e. The Labute approximate surface area is 135 Å². The highest BCUT2D eigenvalue weighted by molar-refractivity contribution is 5.77. The van der Waals surface area contributed by atoms with E-state index < -0.39 is 30.7 Å². The van der Waals surface area contributed by atoms with E-state index in [1.54, 1.807) is 12.1 Å². The Kier molecular flexibility index (Phi) is 4.47. The molecule has 1 aromatic carbocycles. The van der Waals surface area contributed by atoms with Crippen LogP contribution in [0.15, 0.2) is 18.2 Å². The van der Waals surface area contributed by atoms with E-state index in [2.05, 4.69) is 9.97 Å². The number of hydrogen-bond donors (Lipinski definition) is 1. The first-order valence-electron chi connectivity index (χ1n) is 7.82. The van der Waals surface area contributed by atoms with Crippen LogP contribution in [0.5, 0.6) is 0 Å². The SMILES string of the molecule is O=C(CCC(F)(F)F)N1CCC(c2nc3c(F)cccc3[nH]2)CC1. The number of amides is 1. The van der Waals surface area contributed by atoms with E-state index in [0.29, 0.717) is 37.3 Å². The molecule has 0 bridgehead atoms. The number of para-hydroxylation sites is 1. The molecule has 24 heavy (non-hydrogen) atoms. The van der Waals surface area contributed by atoms with Crippen molar-refractivity contribution in [3.05, 3.63) is 29.8 Å². The highest BCUT2D eigenvalue weighted by atomic mass is 19.4. The van der Waals surface area contributed by atoms with Crippen LogP contribution in [0.4, 0.5) is 17.6 Å². The largest absolute Gasteiger partial charge is 0.389 e. The Morgan fingerprint density at radius 3 is 2.62 bits per heavy atom. The topological polar surface area (TPSA) is 49.0 Å². The number of imidazole rings is 1. The monoisotopic (exact) mass is 343 g/mol. The number of aromatic amines is 1. The van der Waals surface area contributed by atoms with Crippen molar-refractivity contribution in [1.82, 2.24) is 14.9 Å². The molecule has 8 heteroatoms. The van der Waals surface area contributed by atoms with Crippen molar-refractivity contribution < 1.29 is 22.4 Å². The minimum absolute atomic E-state index is 0.0449.